The van der Waals surface area contributed by atoms with Crippen molar-refractivity contribution in [2.45, 2.75) is 89.0 Å². The monoisotopic (exact) mass is 402 g/mol. The molecule has 10 heteroatoms. The van der Waals surface area contributed by atoms with Gasteiger partial charge in [0.05, 0.1) is 0 Å². The normalized spacial score (nSPS) is 37.2. The SMILES string of the molecule is CC(=O)O[C@H]1CC2(O)C[C@@H](OC(C)=O)[C@@H](OC(C)=O)CC2(O)C[C@H]1OC(C)=O. The van der Waals surface area contributed by atoms with Crippen LogP contribution in [0.5, 0.6) is 0 Å². The molecule has 158 valence electrons. The van der Waals surface area contributed by atoms with Gasteiger partial charge in [0.15, 0.2) is 0 Å². The van der Waals surface area contributed by atoms with Gasteiger partial charge in [-0.05, 0) is 0 Å². The highest BCUT2D eigenvalue weighted by Gasteiger charge is 2.64. The quantitative estimate of drug-likeness (QED) is 0.477. The number of carbonyl (C=O) groups is 4. The summed E-state index contributed by atoms with van der Waals surface area (Å²) in [7, 11) is 0. The molecule has 0 aromatic heterocycles. The Bertz CT molecular complexity index is 553. The van der Waals surface area contributed by atoms with E-state index in [0.717, 1.165) is 0 Å². The van der Waals surface area contributed by atoms with Crippen LogP contribution in [0.4, 0.5) is 0 Å². The maximum Gasteiger partial charge on any atom is 0.303 e. The van der Waals surface area contributed by atoms with Crippen molar-refractivity contribution < 1.29 is 48.3 Å². The fourth-order valence-corrected chi connectivity index (χ4v) is 4.11. The van der Waals surface area contributed by atoms with Gasteiger partial charge in [-0.15, -0.1) is 0 Å². The molecule has 0 aromatic carbocycles. The lowest BCUT2D eigenvalue weighted by Crippen LogP contribution is -2.70. The van der Waals surface area contributed by atoms with Crippen molar-refractivity contribution in [1.29, 1.82) is 0 Å². The van der Waals surface area contributed by atoms with E-state index in [4.69, 9.17) is 18.9 Å². The number of ether oxygens (including phenoxy) is 4. The molecule has 10 nitrogen and oxygen atoms in total. The molecular weight excluding hydrogens is 376 g/mol. The molecular formula is C18H26O10. The third-order valence-electron chi connectivity index (χ3n) is 5.12. The Morgan fingerprint density at radius 2 is 0.750 bits per heavy atom. The first-order valence-electron chi connectivity index (χ1n) is 8.99. The van der Waals surface area contributed by atoms with Crippen LogP contribution in [-0.2, 0) is 38.1 Å². The molecule has 0 aromatic rings. The summed E-state index contributed by atoms with van der Waals surface area (Å²) in [5.41, 5.74) is -3.64. The average Bonchev–Trinajstić information content (AvgIpc) is 2.48. The molecule has 2 rings (SSSR count). The van der Waals surface area contributed by atoms with Crippen LogP contribution in [0.1, 0.15) is 53.4 Å². The minimum absolute atomic E-state index is 0.244. The van der Waals surface area contributed by atoms with Crippen molar-refractivity contribution in [3.63, 3.8) is 0 Å². The average molecular weight is 402 g/mol. The van der Waals surface area contributed by atoms with Crippen molar-refractivity contribution in [3.05, 3.63) is 0 Å². The highest BCUT2D eigenvalue weighted by atomic mass is 16.6. The molecule has 0 amide bonds. The standard InChI is InChI=1S/C18H26O10/c1-9(19)25-13-5-17(23)7-15(27-11(3)21)16(28-12(4)22)8-18(17,24)6-14(13)26-10(2)20/h13-16,23-24H,5-8H2,1-4H3/t13-,14+,15+,16-,17?,18?. The van der Waals surface area contributed by atoms with Gasteiger partial charge in [0.2, 0.25) is 0 Å². The van der Waals surface area contributed by atoms with Gasteiger partial charge in [-0.2, -0.15) is 0 Å². The zero-order valence-corrected chi connectivity index (χ0v) is 16.3. The lowest BCUT2D eigenvalue weighted by atomic mass is 9.61. The van der Waals surface area contributed by atoms with Crippen LogP contribution >= 0.6 is 0 Å². The predicted octanol–water partition coefficient (Wildman–Crippen LogP) is -0.237. The Hall–Kier alpha value is -2.20. The molecule has 0 bridgehead atoms. The van der Waals surface area contributed by atoms with Crippen molar-refractivity contribution in [2.75, 3.05) is 0 Å². The van der Waals surface area contributed by atoms with Crippen molar-refractivity contribution >= 4 is 23.9 Å². The second-order valence-corrected chi connectivity index (χ2v) is 7.47. The van der Waals surface area contributed by atoms with Crippen molar-refractivity contribution in [1.82, 2.24) is 0 Å². The molecule has 2 aliphatic rings. The summed E-state index contributed by atoms with van der Waals surface area (Å²) < 4.78 is 20.8. The van der Waals surface area contributed by atoms with Crippen LogP contribution < -0.4 is 0 Å². The number of aliphatic hydroxyl groups is 2. The van der Waals surface area contributed by atoms with Crippen LogP contribution in [0.3, 0.4) is 0 Å². The Kier molecular flexibility index (Phi) is 6.34. The van der Waals surface area contributed by atoms with E-state index in [-0.39, 0.29) is 25.7 Å². The van der Waals surface area contributed by atoms with E-state index < -0.39 is 59.5 Å². The first-order valence-corrected chi connectivity index (χ1v) is 8.99. The molecule has 0 saturated heterocycles. The van der Waals surface area contributed by atoms with Crippen LogP contribution in [0, 0.1) is 0 Å². The molecule has 0 aliphatic heterocycles. The summed E-state index contributed by atoms with van der Waals surface area (Å²) in [6, 6.07) is 0. The van der Waals surface area contributed by atoms with Crippen molar-refractivity contribution in [3.8, 4) is 0 Å². The molecule has 2 unspecified atom stereocenters. The fraction of sp³-hybridized carbons (Fsp3) is 0.778. The van der Waals surface area contributed by atoms with E-state index >= 15 is 0 Å². The van der Waals surface area contributed by atoms with Crippen LogP contribution in [0.2, 0.25) is 0 Å². The second-order valence-electron chi connectivity index (χ2n) is 7.47. The Labute approximate surface area is 162 Å². The van der Waals surface area contributed by atoms with Crippen LogP contribution in [0.15, 0.2) is 0 Å². The van der Waals surface area contributed by atoms with E-state index in [0.29, 0.717) is 0 Å². The molecule has 0 spiro atoms. The summed E-state index contributed by atoms with van der Waals surface area (Å²) in [4.78, 5) is 45.7. The van der Waals surface area contributed by atoms with Crippen LogP contribution in [0.25, 0.3) is 0 Å². The highest BCUT2D eigenvalue weighted by molar-refractivity contribution is 5.68. The van der Waals surface area contributed by atoms with Gasteiger partial charge in [-0.1, -0.05) is 0 Å². The van der Waals surface area contributed by atoms with E-state index in [2.05, 4.69) is 0 Å². The third-order valence-corrected chi connectivity index (χ3v) is 5.12. The van der Waals surface area contributed by atoms with Crippen LogP contribution in [-0.4, -0.2) is 69.7 Å². The van der Waals surface area contributed by atoms with Gasteiger partial charge in [0.1, 0.15) is 35.6 Å². The molecule has 6 atom stereocenters. The van der Waals surface area contributed by atoms with E-state index in [1.165, 1.54) is 27.7 Å². The summed E-state index contributed by atoms with van der Waals surface area (Å²) in [5, 5.41) is 22.4. The van der Waals surface area contributed by atoms with E-state index in [1.807, 2.05) is 0 Å². The van der Waals surface area contributed by atoms with Gasteiger partial charge >= 0.3 is 23.9 Å². The number of rotatable bonds is 4. The number of fused-ring (bicyclic) bond motifs is 1. The minimum Gasteiger partial charge on any atom is -0.458 e. The lowest BCUT2D eigenvalue weighted by Gasteiger charge is -2.56. The molecule has 2 aliphatic carbocycles. The molecule has 0 heterocycles. The lowest BCUT2D eigenvalue weighted by molar-refractivity contribution is -0.275. The van der Waals surface area contributed by atoms with Gasteiger partial charge in [0, 0.05) is 53.4 Å². The van der Waals surface area contributed by atoms with E-state index in [1.54, 1.807) is 0 Å². The molecule has 0 radical (unpaired) electrons. The van der Waals surface area contributed by atoms with Crippen molar-refractivity contribution in [2.24, 2.45) is 0 Å². The minimum atomic E-state index is -1.82. The Balaban J connectivity index is 2.35. The highest BCUT2D eigenvalue weighted by Crippen LogP contribution is 2.49. The number of hydrogen-bond donors (Lipinski definition) is 2. The smallest absolute Gasteiger partial charge is 0.303 e. The molecule has 28 heavy (non-hydrogen) atoms. The Morgan fingerprint density at radius 3 is 0.893 bits per heavy atom. The summed E-state index contributed by atoms with van der Waals surface area (Å²) in [6.07, 6.45) is -4.94. The fourth-order valence-electron chi connectivity index (χ4n) is 4.11. The summed E-state index contributed by atoms with van der Waals surface area (Å²) in [6.45, 7) is 4.70. The summed E-state index contributed by atoms with van der Waals surface area (Å²) in [5.74, 6) is -2.55. The maximum atomic E-state index is 11.4. The molecule has 2 saturated carbocycles. The number of esters is 4. The zero-order chi connectivity index (χ0) is 21.3. The Morgan fingerprint density at radius 1 is 0.571 bits per heavy atom. The van der Waals surface area contributed by atoms with Gasteiger partial charge in [-0.25, -0.2) is 0 Å². The molecule has 2 N–H and O–H groups in total. The number of hydrogen-bond acceptors (Lipinski definition) is 10. The third kappa shape index (κ3) is 4.79. The first-order chi connectivity index (χ1) is 12.8. The largest absolute Gasteiger partial charge is 0.458 e. The molecule has 2 fully saturated rings. The predicted molar refractivity (Wildman–Crippen MR) is 90.6 cm³/mol. The maximum absolute atomic E-state index is 11.4. The number of carbonyl (C=O) groups excluding carboxylic acids is 4. The van der Waals surface area contributed by atoms with Gasteiger partial charge in [-0.3, -0.25) is 19.2 Å². The van der Waals surface area contributed by atoms with Gasteiger partial charge < -0.3 is 29.2 Å². The topological polar surface area (TPSA) is 146 Å². The van der Waals surface area contributed by atoms with Gasteiger partial charge in [0.25, 0.3) is 0 Å². The second kappa shape index (κ2) is 8.04. The summed E-state index contributed by atoms with van der Waals surface area (Å²) >= 11 is 0. The first kappa shape index (κ1) is 22.1. The zero-order valence-electron chi connectivity index (χ0n) is 16.3. The van der Waals surface area contributed by atoms with E-state index in [9.17, 15) is 29.4 Å².